The quantitative estimate of drug-likeness (QED) is 0.917. The highest BCUT2D eigenvalue weighted by atomic mass is 16.5. The fraction of sp³-hybridized carbons (Fsp3) is 0.263. The lowest BCUT2D eigenvalue weighted by molar-refractivity contribution is 0.0106. The Labute approximate surface area is 132 Å². The molecule has 3 nitrogen and oxygen atoms in total. The van der Waals surface area contributed by atoms with Crippen LogP contribution in [0, 0.1) is 0 Å². The Morgan fingerprint density at radius 2 is 1.73 bits per heavy atom. The molecule has 0 aliphatic carbocycles. The molecule has 2 aromatic carbocycles. The van der Waals surface area contributed by atoms with Crippen LogP contribution < -0.4 is 5.43 Å². The Bertz CT molecular complexity index is 618. The lowest BCUT2D eigenvalue weighted by atomic mass is 9.98. The molecular formula is C19H22N2O. The first-order chi connectivity index (χ1) is 10.8. The largest absolute Gasteiger partial charge is 0.379 e. The maximum absolute atomic E-state index is 5.36. The molecule has 1 aliphatic heterocycles. The van der Waals surface area contributed by atoms with Gasteiger partial charge in [-0.05, 0) is 28.3 Å². The summed E-state index contributed by atoms with van der Waals surface area (Å²) in [6.07, 6.45) is 0. The first-order valence-corrected chi connectivity index (χ1v) is 7.73. The summed E-state index contributed by atoms with van der Waals surface area (Å²) in [6, 6.07) is 18.9. The Morgan fingerprint density at radius 3 is 2.50 bits per heavy atom. The molecule has 1 N–H and O–H groups in total. The zero-order chi connectivity index (χ0) is 15.2. The van der Waals surface area contributed by atoms with Gasteiger partial charge in [-0.25, -0.2) is 5.01 Å². The molecule has 1 fully saturated rings. The van der Waals surface area contributed by atoms with E-state index < -0.39 is 0 Å². The minimum absolute atomic E-state index is 0.803. The van der Waals surface area contributed by atoms with Crippen LogP contribution in [0.25, 0.3) is 5.57 Å². The van der Waals surface area contributed by atoms with Crippen molar-refractivity contribution in [3.05, 3.63) is 77.9 Å². The normalized spacial score (nSPS) is 15.6. The molecule has 0 aromatic heterocycles. The van der Waals surface area contributed by atoms with Crippen LogP contribution in [-0.2, 0) is 11.3 Å². The standard InChI is InChI=1S/C19H22N2O/c1-16(18-7-3-2-4-8-18)19-9-5-6-17(14-19)15-20-21-10-12-22-13-11-21/h2-9,14,20H,1,10-13,15H2. The second-order valence-electron chi connectivity index (χ2n) is 5.48. The van der Waals surface area contributed by atoms with E-state index in [1.165, 1.54) is 16.7 Å². The fourth-order valence-corrected chi connectivity index (χ4v) is 2.60. The molecule has 0 bridgehead atoms. The van der Waals surface area contributed by atoms with E-state index in [1.807, 2.05) is 18.2 Å². The van der Waals surface area contributed by atoms with Crippen LogP contribution >= 0.6 is 0 Å². The predicted octanol–water partition coefficient (Wildman–Crippen LogP) is 3.08. The summed E-state index contributed by atoms with van der Waals surface area (Å²) < 4.78 is 5.36. The average Bonchev–Trinajstić information content (AvgIpc) is 2.61. The second kappa shape index (κ2) is 7.36. The summed E-state index contributed by atoms with van der Waals surface area (Å²) in [4.78, 5) is 0. The van der Waals surface area contributed by atoms with Crippen molar-refractivity contribution in [2.24, 2.45) is 0 Å². The molecule has 0 atom stereocenters. The molecule has 1 saturated heterocycles. The third-order valence-electron chi connectivity index (χ3n) is 3.92. The molecule has 1 heterocycles. The van der Waals surface area contributed by atoms with Crippen LogP contribution in [0.1, 0.15) is 16.7 Å². The minimum Gasteiger partial charge on any atom is -0.379 e. The number of benzene rings is 2. The van der Waals surface area contributed by atoms with E-state index in [0.717, 1.165) is 38.4 Å². The van der Waals surface area contributed by atoms with Crippen LogP contribution in [0.4, 0.5) is 0 Å². The first kappa shape index (κ1) is 15.0. The maximum atomic E-state index is 5.36. The summed E-state index contributed by atoms with van der Waals surface area (Å²) in [5, 5.41) is 2.22. The van der Waals surface area contributed by atoms with Crippen molar-refractivity contribution in [3.63, 3.8) is 0 Å². The third-order valence-corrected chi connectivity index (χ3v) is 3.92. The molecule has 1 aliphatic rings. The number of hydrogen-bond donors (Lipinski definition) is 1. The SMILES string of the molecule is C=C(c1ccccc1)c1cccc(CNN2CCOCC2)c1. The van der Waals surface area contributed by atoms with E-state index in [1.54, 1.807) is 0 Å². The van der Waals surface area contributed by atoms with Crippen LogP contribution in [0.15, 0.2) is 61.2 Å². The summed E-state index contributed by atoms with van der Waals surface area (Å²) in [5.74, 6) is 0. The molecule has 114 valence electrons. The summed E-state index contributed by atoms with van der Waals surface area (Å²) in [7, 11) is 0. The zero-order valence-electron chi connectivity index (χ0n) is 12.8. The topological polar surface area (TPSA) is 24.5 Å². The first-order valence-electron chi connectivity index (χ1n) is 7.73. The summed E-state index contributed by atoms with van der Waals surface area (Å²) in [5.41, 5.74) is 8.14. The van der Waals surface area contributed by atoms with E-state index in [-0.39, 0.29) is 0 Å². The number of hydrogen-bond acceptors (Lipinski definition) is 3. The van der Waals surface area contributed by atoms with Crippen LogP contribution in [-0.4, -0.2) is 31.3 Å². The van der Waals surface area contributed by atoms with Gasteiger partial charge in [0.05, 0.1) is 13.2 Å². The number of nitrogens with zero attached hydrogens (tertiary/aromatic N) is 1. The highest BCUT2D eigenvalue weighted by molar-refractivity contribution is 5.78. The van der Waals surface area contributed by atoms with Crippen LogP contribution in [0.3, 0.4) is 0 Å². The Balaban J connectivity index is 1.66. The van der Waals surface area contributed by atoms with E-state index in [9.17, 15) is 0 Å². The van der Waals surface area contributed by atoms with Gasteiger partial charge < -0.3 is 4.74 Å². The van der Waals surface area contributed by atoms with E-state index in [4.69, 9.17) is 4.74 Å². The molecule has 0 spiro atoms. The Kier molecular flexibility index (Phi) is 5.01. The van der Waals surface area contributed by atoms with Gasteiger partial charge in [0.1, 0.15) is 0 Å². The number of morpholine rings is 1. The van der Waals surface area contributed by atoms with Gasteiger partial charge >= 0.3 is 0 Å². The molecule has 0 amide bonds. The van der Waals surface area contributed by atoms with Gasteiger partial charge in [0.25, 0.3) is 0 Å². The molecule has 3 heteroatoms. The van der Waals surface area contributed by atoms with Gasteiger partial charge in [0, 0.05) is 19.6 Å². The van der Waals surface area contributed by atoms with Crippen LogP contribution in [0.2, 0.25) is 0 Å². The van der Waals surface area contributed by atoms with Crippen molar-refractivity contribution >= 4 is 5.57 Å². The molecule has 3 rings (SSSR count). The monoisotopic (exact) mass is 294 g/mol. The molecular weight excluding hydrogens is 272 g/mol. The number of nitrogens with one attached hydrogen (secondary N) is 1. The highest BCUT2D eigenvalue weighted by Gasteiger charge is 2.09. The summed E-state index contributed by atoms with van der Waals surface area (Å²) in [6.45, 7) is 8.56. The number of hydrazine groups is 1. The smallest absolute Gasteiger partial charge is 0.0608 e. The van der Waals surface area contributed by atoms with E-state index in [0.29, 0.717) is 0 Å². The van der Waals surface area contributed by atoms with Gasteiger partial charge in [-0.2, -0.15) is 0 Å². The van der Waals surface area contributed by atoms with Crippen molar-refractivity contribution in [2.75, 3.05) is 26.3 Å². The van der Waals surface area contributed by atoms with Crippen molar-refractivity contribution in [1.82, 2.24) is 10.4 Å². The van der Waals surface area contributed by atoms with Crippen molar-refractivity contribution < 1.29 is 4.74 Å². The lowest BCUT2D eigenvalue weighted by Gasteiger charge is -2.27. The lowest BCUT2D eigenvalue weighted by Crippen LogP contribution is -2.45. The van der Waals surface area contributed by atoms with Crippen molar-refractivity contribution in [3.8, 4) is 0 Å². The van der Waals surface area contributed by atoms with E-state index in [2.05, 4.69) is 53.4 Å². The second-order valence-corrected chi connectivity index (χ2v) is 5.48. The maximum Gasteiger partial charge on any atom is 0.0608 e. The van der Waals surface area contributed by atoms with Crippen LogP contribution in [0.5, 0.6) is 0 Å². The van der Waals surface area contributed by atoms with Gasteiger partial charge in [-0.1, -0.05) is 55.1 Å². The van der Waals surface area contributed by atoms with Gasteiger partial charge in [-0.15, -0.1) is 0 Å². The average molecular weight is 294 g/mol. The molecule has 22 heavy (non-hydrogen) atoms. The zero-order valence-corrected chi connectivity index (χ0v) is 12.8. The molecule has 0 radical (unpaired) electrons. The van der Waals surface area contributed by atoms with E-state index >= 15 is 0 Å². The Hall–Kier alpha value is -1.94. The summed E-state index contributed by atoms with van der Waals surface area (Å²) >= 11 is 0. The molecule has 0 unspecified atom stereocenters. The van der Waals surface area contributed by atoms with Gasteiger partial charge in [-0.3, -0.25) is 5.43 Å². The van der Waals surface area contributed by atoms with Gasteiger partial charge in [0.15, 0.2) is 0 Å². The van der Waals surface area contributed by atoms with Crippen molar-refractivity contribution in [2.45, 2.75) is 6.54 Å². The molecule has 0 saturated carbocycles. The molecule has 2 aromatic rings. The highest BCUT2D eigenvalue weighted by Crippen LogP contribution is 2.22. The number of rotatable bonds is 5. The van der Waals surface area contributed by atoms with Crippen molar-refractivity contribution in [1.29, 1.82) is 0 Å². The predicted molar refractivity (Wildman–Crippen MR) is 90.3 cm³/mol. The fourth-order valence-electron chi connectivity index (χ4n) is 2.60. The number of ether oxygens (including phenoxy) is 1. The Morgan fingerprint density at radius 1 is 1.00 bits per heavy atom. The van der Waals surface area contributed by atoms with Gasteiger partial charge in [0.2, 0.25) is 0 Å². The third kappa shape index (κ3) is 3.83. The minimum atomic E-state index is 0.803.